The number of carboxylic acid groups (broad SMARTS) is 1. The third kappa shape index (κ3) is 2.82. The number of halogens is 1. The van der Waals surface area contributed by atoms with E-state index in [9.17, 15) is 27.5 Å². The number of hydrogen-bond acceptors (Lipinski definition) is 5. The molecule has 7 nitrogen and oxygen atoms in total. The fraction of sp³-hybridized carbons (Fsp3) is 0.263. The van der Waals surface area contributed by atoms with Gasteiger partial charge in [0.25, 0.3) is 0 Å². The molecule has 2 aromatic heterocycles. The van der Waals surface area contributed by atoms with Crippen LogP contribution in [0.5, 0.6) is 0 Å². The summed E-state index contributed by atoms with van der Waals surface area (Å²) in [4.78, 5) is 24.2. The smallest absolute Gasteiger partial charge is 0.304 e. The number of fused-ring (bicyclic) bond motifs is 3. The Morgan fingerprint density at radius 2 is 2.11 bits per heavy atom. The Balaban J connectivity index is 2.12. The summed E-state index contributed by atoms with van der Waals surface area (Å²) in [5.74, 6) is -2.83. The van der Waals surface area contributed by atoms with Crippen LogP contribution in [0.1, 0.15) is 40.6 Å². The maximum atomic E-state index is 14.2. The molecule has 1 aliphatic heterocycles. The van der Waals surface area contributed by atoms with Crippen LogP contribution in [0.15, 0.2) is 39.8 Å². The average molecular weight is 405 g/mol. The molecule has 4 rings (SSSR count). The number of aliphatic carboxylic acids is 1. The maximum absolute atomic E-state index is 14.2. The number of carbonyl (C=O) groups excluding carboxylic acids is 1. The summed E-state index contributed by atoms with van der Waals surface area (Å²) in [6, 6.07) is 5.04. The molecule has 0 saturated carbocycles. The summed E-state index contributed by atoms with van der Waals surface area (Å²) in [6.07, 6.45) is 2.50. The highest BCUT2D eigenvalue weighted by molar-refractivity contribution is 7.91. The molecule has 0 amide bonds. The van der Waals surface area contributed by atoms with E-state index in [0.29, 0.717) is 18.7 Å². The fourth-order valence-corrected chi connectivity index (χ4v) is 4.88. The Morgan fingerprint density at radius 3 is 2.71 bits per heavy atom. The minimum Gasteiger partial charge on any atom is -0.481 e. The average Bonchev–Trinajstić information content (AvgIpc) is 3.30. The summed E-state index contributed by atoms with van der Waals surface area (Å²) in [5.41, 5.74) is 0.738. The molecule has 146 valence electrons. The van der Waals surface area contributed by atoms with E-state index in [1.165, 1.54) is 24.5 Å². The molecule has 1 aromatic carbocycles. The predicted molar refractivity (Wildman–Crippen MR) is 96.8 cm³/mol. The van der Waals surface area contributed by atoms with Crippen molar-refractivity contribution < 1.29 is 31.9 Å². The van der Waals surface area contributed by atoms with Crippen molar-refractivity contribution in [3.05, 3.63) is 53.4 Å². The third-order valence-corrected chi connectivity index (χ3v) is 6.14. The largest absolute Gasteiger partial charge is 0.481 e. The molecule has 0 aliphatic carbocycles. The van der Waals surface area contributed by atoms with Gasteiger partial charge in [-0.15, -0.1) is 0 Å². The minimum atomic E-state index is -3.86. The second-order valence-corrected chi connectivity index (χ2v) is 8.86. The molecular formula is C19H16FNO6S. The van der Waals surface area contributed by atoms with Crippen molar-refractivity contribution in [1.82, 2.24) is 4.57 Å². The molecule has 0 radical (unpaired) electrons. The first-order valence-corrected chi connectivity index (χ1v) is 10.4. The van der Waals surface area contributed by atoms with E-state index >= 15 is 0 Å². The van der Waals surface area contributed by atoms with Crippen molar-refractivity contribution in [2.24, 2.45) is 0 Å². The standard InChI is InChI=1S/C19H16FNO6S/c1-28(25,26)14-9-11(20)8-12-16(14)17(19(24)13-3-2-6-27-13)18-10(7-15(22)23)4-5-21(12)18/h2-3,6,8-10H,4-5,7H2,1H3,(H,22,23). The minimum absolute atomic E-state index is 0.0000472. The highest BCUT2D eigenvalue weighted by atomic mass is 32.2. The number of furan rings is 1. The van der Waals surface area contributed by atoms with E-state index in [2.05, 4.69) is 0 Å². The second kappa shape index (κ2) is 6.30. The number of aryl methyl sites for hydroxylation is 1. The van der Waals surface area contributed by atoms with Crippen LogP contribution < -0.4 is 0 Å². The van der Waals surface area contributed by atoms with E-state index in [0.717, 1.165) is 12.3 Å². The van der Waals surface area contributed by atoms with Crippen molar-refractivity contribution in [3.63, 3.8) is 0 Å². The van der Waals surface area contributed by atoms with Crippen LogP contribution in [0, 0.1) is 5.82 Å². The van der Waals surface area contributed by atoms with Crippen molar-refractivity contribution in [2.75, 3.05) is 6.26 Å². The number of nitrogens with zero attached hydrogens (tertiary/aromatic N) is 1. The number of ketones is 1. The van der Waals surface area contributed by atoms with Crippen LogP contribution in [0.25, 0.3) is 10.9 Å². The number of benzene rings is 1. The lowest BCUT2D eigenvalue weighted by Gasteiger charge is -2.10. The van der Waals surface area contributed by atoms with Gasteiger partial charge in [0.05, 0.1) is 28.7 Å². The van der Waals surface area contributed by atoms with Gasteiger partial charge in [-0.2, -0.15) is 0 Å². The molecule has 3 heterocycles. The van der Waals surface area contributed by atoms with Crippen LogP contribution >= 0.6 is 0 Å². The highest BCUT2D eigenvalue weighted by Gasteiger charge is 2.36. The van der Waals surface area contributed by atoms with Gasteiger partial charge in [-0.05, 0) is 30.7 Å². The Bertz CT molecular complexity index is 1220. The molecule has 0 bridgehead atoms. The van der Waals surface area contributed by atoms with Crippen molar-refractivity contribution in [1.29, 1.82) is 0 Å². The van der Waals surface area contributed by atoms with Gasteiger partial charge in [0, 0.05) is 29.8 Å². The quantitative estimate of drug-likeness (QED) is 0.654. The molecule has 0 saturated heterocycles. The van der Waals surface area contributed by atoms with Crippen molar-refractivity contribution in [2.45, 2.75) is 30.2 Å². The SMILES string of the molecule is CS(=O)(=O)c1cc(F)cc2c1c(C(=O)c1ccco1)c1n2CCC1CC(=O)O. The van der Waals surface area contributed by atoms with Gasteiger partial charge >= 0.3 is 5.97 Å². The van der Waals surface area contributed by atoms with Crippen molar-refractivity contribution in [3.8, 4) is 0 Å². The van der Waals surface area contributed by atoms with Crippen LogP contribution in [0.2, 0.25) is 0 Å². The van der Waals surface area contributed by atoms with Crippen LogP contribution in [0.3, 0.4) is 0 Å². The Labute approximate surface area is 159 Å². The lowest BCUT2D eigenvalue weighted by atomic mass is 9.93. The van der Waals surface area contributed by atoms with E-state index in [1.807, 2.05) is 0 Å². The molecule has 1 N–H and O–H groups in total. The van der Waals surface area contributed by atoms with Gasteiger partial charge in [0.1, 0.15) is 5.82 Å². The molecule has 1 aliphatic rings. The lowest BCUT2D eigenvalue weighted by molar-refractivity contribution is -0.137. The molecule has 3 aromatic rings. The van der Waals surface area contributed by atoms with Gasteiger partial charge in [0.2, 0.25) is 5.78 Å². The van der Waals surface area contributed by atoms with Crippen molar-refractivity contribution >= 4 is 32.5 Å². The monoisotopic (exact) mass is 405 g/mol. The first-order valence-electron chi connectivity index (χ1n) is 8.54. The number of sulfone groups is 1. The summed E-state index contributed by atoms with van der Waals surface area (Å²) < 4.78 is 45.7. The van der Waals surface area contributed by atoms with E-state index < -0.39 is 33.3 Å². The summed E-state index contributed by atoms with van der Waals surface area (Å²) in [7, 11) is -3.86. The summed E-state index contributed by atoms with van der Waals surface area (Å²) >= 11 is 0. The first-order chi connectivity index (χ1) is 13.2. The Morgan fingerprint density at radius 1 is 1.36 bits per heavy atom. The van der Waals surface area contributed by atoms with Gasteiger partial charge < -0.3 is 14.1 Å². The van der Waals surface area contributed by atoms with E-state index in [-0.39, 0.29) is 33.5 Å². The highest BCUT2D eigenvalue weighted by Crippen LogP contribution is 2.43. The molecule has 1 unspecified atom stereocenters. The zero-order valence-corrected chi connectivity index (χ0v) is 15.6. The molecule has 0 fully saturated rings. The van der Waals surface area contributed by atoms with Gasteiger partial charge in [-0.25, -0.2) is 12.8 Å². The zero-order chi connectivity index (χ0) is 20.2. The number of carbonyl (C=O) groups is 2. The molecule has 28 heavy (non-hydrogen) atoms. The molecular weight excluding hydrogens is 389 g/mol. The first kappa shape index (κ1) is 18.4. The topological polar surface area (TPSA) is 107 Å². The lowest BCUT2D eigenvalue weighted by Crippen LogP contribution is -2.10. The summed E-state index contributed by atoms with van der Waals surface area (Å²) in [6.45, 7) is 0.363. The number of rotatable bonds is 5. The van der Waals surface area contributed by atoms with Gasteiger partial charge in [-0.3, -0.25) is 9.59 Å². The van der Waals surface area contributed by atoms with E-state index in [1.54, 1.807) is 4.57 Å². The molecule has 1 atom stereocenters. The number of carboxylic acids is 1. The zero-order valence-electron chi connectivity index (χ0n) is 14.8. The van der Waals surface area contributed by atoms with Crippen LogP contribution in [-0.2, 0) is 21.2 Å². The Kier molecular flexibility index (Phi) is 4.15. The number of aromatic nitrogens is 1. The third-order valence-electron chi connectivity index (χ3n) is 5.01. The second-order valence-electron chi connectivity index (χ2n) is 6.87. The Hall–Kier alpha value is -2.94. The van der Waals surface area contributed by atoms with Gasteiger partial charge in [0.15, 0.2) is 15.6 Å². The number of hydrogen-bond donors (Lipinski definition) is 1. The van der Waals surface area contributed by atoms with E-state index in [4.69, 9.17) is 4.42 Å². The molecule has 0 spiro atoms. The van der Waals surface area contributed by atoms with Gasteiger partial charge in [-0.1, -0.05) is 0 Å². The molecule has 9 heteroatoms. The summed E-state index contributed by atoms with van der Waals surface area (Å²) in [5, 5.41) is 9.35. The predicted octanol–water partition coefficient (Wildman–Crippen LogP) is 2.97. The normalized spacial score (nSPS) is 16.4. The fourth-order valence-electron chi connectivity index (χ4n) is 3.97. The maximum Gasteiger partial charge on any atom is 0.304 e. The van der Waals surface area contributed by atoms with Crippen LogP contribution in [-0.4, -0.2) is 36.1 Å². The van der Waals surface area contributed by atoms with Crippen LogP contribution in [0.4, 0.5) is 4.39 Å².